The highest BCUT2D eigenvalue weighted by molar-refractivity contribution is 6.03. The molecule has 19 heavy (non-hydrogen) atoms. The van der Waals surface area contributed by atoms with Crippen molar-refractivity contribution in [2.24, 2.45) is 11.0 Å². The monoisotopic (exact) mass is 254 g/mol. The Morgan fingerprint density at radius 2 is 2.11 bits per heavy atom. The number of nitrogens with one attached hydrogen (secondary N) is 2. The standard InChI is InChI=1S/C13H14N6/c1-8(2)7-14-18-13-16-12-11(17-19-13)9-5-3-4-6-10(9)15-12/h3-8H,1-2H3,(H2,15,16,18,19). The van der Waals surface area contributed by atoms with Gasteiger partial charge < -0.3 is 4.98 Å². The van der Waals surface area contributed by atoms with E-state index in [0.29, 0.717) is 17.5 Å². The molecular weight excluding hydrogens is 240 g/mol. The maximum Gasteiger partial charge on any atom is 0.265 e. The predicted octanol–water partition coefficient (Wildman–Crippen LogP) is 2.56. The zero-order valence-corrected chi connectivity index (χ0v) is 10.8. The Morgan fingerprint density at radius 1 is 1.26 bits per heavy atom. The van der Waals surface area contributed by atoms with Crippen LogP contribution in [-0.2, 0) is 0 Å². The Labute approximate surface area is 110 Å². The second-order valence-electron chi connectivity index (χ2n) is 4.64. The number of rotatable bonds is 3. The lowest BCUT2D eigenvalue weighted by Gasteiger charge is -1.97. The molecule has 2 heterocycles. The van der Waals surface area contributed by atoms with Gasteiger partial charge in [0.1, 0.15) is 5.52 Å². The lowest BCUT2D eigenvalue weighted by atomic mass is 10.2. The average molecular weight is 254 g/mol. The van der Waals surface area contributed by atoms with Gasteiger partial charge >= 0.3 is 0 Å². The summed E-state index contributed by atoms with van der Waals surface area (Å²) in [6, 6.07) is 7.92. The molecule has 0 aliphatic rings. The minimum atomic E-state index is 0.372. The quantitative estimate of drug-likeness (QED) is 0.556. The summed E-state index contributed by atoms with van der Waals surface area (Å²) in [5, 5.41) is 13.3. The first-order valence-corrected chi connectivity index (χ1v) is 6.14. The number of hydrogen-bond donors (Lipinski definition) is 2. The third-order valence-corrected chi connectivity index (χ3v) is 2.66. The molecule has 3 rings (SSSR count). The van der Waals surface area contributed by atoms with Crippen molar-refractivity contribution in [2.75, 3.05) is 5.43 Å². The van der Waals surface area contributed by atoms with Gasteiger partial charge in [0.15, 0.2) is 5.65 Å². The van der Waals surface area contributed by atoms with E-state index in [1.54, 1.807) is 6.21 Å². The van der Waals surface area contributed by atoms with Crippen LogP contribution in [0.4, 0.5) is 5.95 Å². The van der Waals surface area contributed by atoms with Crippen molar-refractivity contribution in [3.05, 3.63) is 24.3 Å². The van der Waals surface area contributed by atoms with Gasteiger partial charge in [-0.15, -0.1) is 10.2 Å². The molecule has 0 amide bonds. The third kappa shape index (κ3) is 2.24. The normalized spacial score (nSPS) is 11.9. The minimum absolute atomic E-state index is 0.372. The summed E-state index contributed by atoms with van der Waals surface area (Å²) in [6.45, 7) is 4.09. The third-order valence-electron chi connectivity index (χ3n) is 2.66. The molecule has 0 bridgehead atoms. The van der Waals surface area contributed by atoms with Crippen molar-refractivity contribution in [2.45, 2.75) is 13.8 Å². The van der Waals surface area contributed by atoms with Crippen molar-refractivity contribution < 1.29 is 0 Å². The Hall–Kier alpha value is -2.50. The van der Waals surface area contributed by atoms with Crippen LogP contribution in [0.15, 0.2) is 29.4 Å². The van der Waals surface area contributed by atoms with Crippen LogP contribution in [0.25, 0.3) is 22.1 Å². The number of anilines is 1. The van der Waals surface area contributed by atoms with E-state index in [1.807, 2.05) is 38.1 Å². The summed E-state index contributed by atoms with van der Waals surface area (Å²) in [6.07, 6.45) is 1.79. The number of benzene rings is 1. The lowest BCUT2D eigenvalue weighted by molar-refractivity contribution is 0.901. The van der Waals surface area contributed by atoms with Gasteiger partial charge in [-0.25, -0.2) is 5.43 Å². The number of para-hydroxylation sites is 1. The Morgan fingerprint density at radius 3 is 2.95 bits per heavy atom. The smallest absolute Gasteiger partial charge is 0.265 e. The van der Waals surface area contributed by atoms with Gasteiger partial charge in [-0.3, -0.25) is 0 Å². The van der Waals surface area contributed by atoms with Crippen molar-refractivity contribution in [3.63, 3.8) is 0 Å². The maximum atomic E-state index is 4.36. The van der Waals surface area contributed by atoms with E-state index in [4.69, 9.17) is 0 Å². The highest BCUT2D eigenvalue weighted by Gasteiger charge is 2.07. The molecule has 0 fully saturated rings. The number of fused-ring (bicyclic) bond motifs is 3. The van der Waals surface area contributed by atoms with Crippen LogP contribution in [-0.4, -0.2) is 26.4 Å². The Balaban J connectivity index is 1.99. The zero-order valence-electron chi connectivity index (χ0n) is 10.8. The van der Waals surface area contributed by atoms with Gasteiger partial charge in [0.25, 0.3) is 5.95 Å². The molecule has 96 valence electrons. The van der Waals surface area contributed by atoms with Crippen LogP contribution < -0.4 is 5.43 Å². The molecule has 0 saturated heterocycles. The van der Waals surface area contributed by atoms with Crippen LogP contribution in [0.5, 0.6) is 0 Å². The molecule has 0 unspecified atom stereocenters. The van der Waals surface area contributed by atoms with E-state index < -0.39 is 0 Å². The molecule has 1 aromatic carbocycles. The molecule has 0 aliphatic heterocycles. The van der Waals surface area contributed by atoms with Gasteiger partial charge in [-0.2, -0.15) is 10.1 Å². The number of aromatic nitrogens is 4. The summed E-state index contributed by atoms with van der Waals surface area (Å²) in [5.74, 6) is 0.758. The number of H-pyrrole nitrogens is 1. The number of hydrazone groups is 1. The maximum absolute atomic E-state index is 4.36. The second kappa shape index (κ2) is 4.64. The molecule has 0 aliphatic carbocycles. The average Bonchev–Trinajstić information content (AvgIpc) is 2.76. The molecule has 2 N–H and O–H groups in total. The summed E-state index contributed by atoms with van der Waals surface area (Å²) < 4.78 is 0. The Kier molecular flexibility index (Phi) is 2.83. The number of aromatic amines is 1. The van der Waals surface area contributed by atoms with Gasteiger partial charge in [-0.05, 0) is 12.0 Å². The van der Waals surface area contributed by atoms with Crippen LogP contribution in [0.1, 0.15) is 13.8 Å². The molecule has 6 heteroatoms. The highest BCUT2D eigenvalue weighted by Crippen LogP contribution is 2.21. The first-order valence-electron chi connectivity index (χ1n) is 6.14. The molecule has 6 nitrogen and oxygen atoms in total. The zero-order chi connectivity index (χ0) is 13.2. The van der Waals surface area contributed by atoms with Crippen molar-refractivity contribution in [1.82, 2.24) is 20.2 Å². The lowest BCUT2D eigenvalue weighted by Crippen LogP contribution is -2.00. The fourth-order valence-electron chi connectivity index (χ4n) is 1.81. The van der Waals surface area contributed by atoms with E-state index in [0.717, 1.165) is 16.4 Å². The van der Waals surface area contributed by atoms with E-state index >= 15 is 0 Å². The topological polar surface area (TPSA) is 78.8 Å². The number of nitrogens with zero attached hydrogens (tertiary/aromatic N) is 4. The minimum Gasteiger partial charge on any atom is -0.338 e. The van der Waals surface area contributed by atoms with Crippen LogP contribution in [0, 0.1) is 5.92 Å². The summed E-state index contributed by atoms with van der Waals surface area (Å²) in [7, 11) is 0. The van der Waals surface area contributed by atoms with Gasteiger partial charge in [0.2, 0.25) is 0 Å². The molecule has 0 spiro atoms. The predicted molar refractivity (Wildman–Crippen MR) is 76.1 cm³/mol. The highest BCUT2D eigenvalue weighted by atomic mass is 15.4. The SMILES string of the molecule is CC(C)C=NNc1nnc2c(n1)[nH]c1ccccc12. The molecule has 0 saturated carbocycles. The first-order chi connectivity index (χ1) is 9.24. The van der Waals surface area contributed by atoms with Crippen LogP contribution in [0.3, 0.4) is 0 Å². The Bertz CT molecular complexity index is 743. The molecule has 0 atom stereocenters. The van der Waals surface area contributed by atoms with Crippen molar-refractivity contribution >= 4 is 34.2 Å². The van der Waals surface area contributed by atoms with Crippen molar-refractivity contribution in [1.29, 1.82) is 0 Å². The molecule has 3 aromatic rings. The van der Waals surface area contributed by atoms with E-state index in [2.05, 4.69) is 30.7 Å². The fraction of sp³-hybridized carbons (Fsp3) is 0.231. The summed E-state index contributed by atoms with van der Waals surface area (Å²) in [5.41, 5.74) is 5.26. The van der Waals surface area contributed by atoms with Gasteiger partial charge in [0, 0.05) is 17.1 Å². The summed E-state index contributed by atoms with van der Waals surface area (Å²) >= 11 is 0. The fourth-order valence-corrected chi connectivity index (χ4v) is 1.81. The van der Waals surface area contributed by atoms with Gasteiger partial charge in [0.05, 0.1) is 0 Å². The van der Waals surface area contributed by atoms with Crippen LogP contribution >= 0.6 is 0 Å². The van der Waals surface area contributed by atoms with E-state index in [-0.39, 0.29) is 0 Å². The van der Waals surface area contributed by atoms with Crippen molar-refractivity contribution in [3.8, 4) is 0 Å². The van der Waals surface area contributed by atoms with E-state index in [1.165, 1.54) is 0 Å². The largest absolute Gasteiger partial charge is 0.338 e. The van der Waals surface area contributed by atoms with E-state index in [9.17, 15) is 0 Å². The molecule has 0 radical (unpaired) electrons. The first kappa shape index (κ1) is 11.6. The molecular formula is C13H14N6. The summed E-state index contributed by atoms with van der Waals surface area (Å²) in [4.78, 5) is 7.57. The number of hydrogen-bond acceptors (Lipinski definition) is 5. The van der Waals surface area contributed by atoms with Gasteiger partial charge in [-0.1, -0.05) is 32.0 Å². The second-order valence-corrected chi connectivity index (χ2v) is 4.64. The van der Waals surface area contributed by atoms with Crippen LogP contribution in [0.2, 0.25) is 0 Å². The molecule has 2 aromatic heterocycles.